The topological polar surface area (TPSA) is 38.5 Å². The predicted molar refractivity (Wildman–Crippen MR) is 45.5 cm³/mol. The van der Waals surface area contributed by atoms with Crippen molar-refractivity contribution in [2.24, 2.45) is 5.73 Å². The standard InChI is InChI=1S/C8H18N2O/c1-10(3-4-11-2)8-5-7(9)6-8/h7-8H,3-6,9H2,1-2H3. The molecule has 0 aromatic heterocycles. The summed E-state index contributed by atoms with van der Waals surface area (Å²) < 4.78 is 4.99. The van der Waals surface area contributed by atoms with Gasteiger partial charge in [0.05, 0.1) is 6.61 Å². The van der Waals surface area contributed by atoms with Gasteiger partial charge in [-0.2, -0.15) is 0 Å². The Kier molecular flexibility index (Phi) is 3.30. The SMILES string of the molecule is COCCN(C)C1CC(N)C1. The van der Waals surface area contributed by atoms with E-state index in [4.69, 9.17) is 10.5 Å². The summed E-state index contributed by atoms with van der Waals surface area (Å²) >= 11 is 0. The monoisotopic (exact) mass is 158 g/mol. The minimum Gasteiger partial charge on any atom is -0.383 e. The first-order valence-corrected chi connectivity index (χ1v) is 4.18. The third kappa shape index (κ3) is 2.43. The summed E-state index contributed by atoms with van der Waals surface area (Å²) in [5.41, 5.74) is 5.68. The van der Waals surface area contributed by atoms with E-state index in [1.807, 2.05) is 0 Å². The molecule has 66 valence electrons. The molecule has 1 rings (SSSR count). The lowest BCUT2D eigenvalue weighted by molar-refractivity contribution is 0.0962. The van der Waals surface area contributed by atoms with E-state index < -0.39 is 0 Å². The van der Waals surface area contributed by atoms with Gasteiger partial charge in [0.25, 0.3) is 0 Å². The second-order valence-electron chi connectivity index (χ2n) is 3.36. The van der Waals surface area contributed by atoms with E-state index >= 15 is 0 Å². The van der Waals surface area contributed by atoms with Crippen molar-refractivity contribution in [3.8, 4) is 0 Å². The van der Waals surface area contributed by atoms with E-state index in [1.165, 1.54) is 0 Å². The fourth-order valence-electron chi connectivity index (χ4n) is 1.41. The zero-order valence-corrected chi connectivity index (χ0v) is 7.42. The van der Waals surface area contributed by atoms with E-state index in [0.29, 0.717) is 12.1 Å². The number of hydrogen-bond donors (Lipinski definition) is 1. The molecule has 0 bridgehead atoms. The molecule has 0 saturated heterocycles. The zero-order chi connectivity index (χ0) is 8.27. The Balaban J connectivity index is 2.06. The van der Waals surface area contributed by atoms with Crippen molar-refractivity contribution in [1.82, 2.24) is 4.90 Å². The number of nitrogens with zero attached hydrogens (tertiary/aromatic N) is 1. The molecule has 0 atom stereocenters. The number of hydrogen-bond acceptors (Lipinski definition) is 3. The first kappa shape index (κ1) is 8.97. The van der Waals surface area contributed by atoms with E-state index in [9.17, 15) is 0 Å². The van der Waals surface area contributed by atoms with Crippen LogP contribution in [0.25, 0.3) is 0 Å². The molecular weight excluding hydrogens is 140 g/mol. The van der Waals surface area contributed by atoms with E-state index in [-0.39, 0.29) is 0 Å². The molecule has 1 aliphatic rings. The van der Waals surface area contributed by atoms with Crippen LogP contribution in [0.1, 0.15) is 12.8 Å². The number of rotatable bonds is 4. The third-order valence-electron chi connectivity index (χ3n) is 2.42. The molecule has 0 unspecified atom stereocenters. The van der Waals surface area contributed by atoms with Crippen LogP contribution in [0.3, 0.4) is 0 Å². The smallest absolute Gasteiger partial charge is 0.0589 e. The summed E-state index contributed by atoms with van der Waals surface area (Å²) in [5.74, 6) is 0. The van der Waals surface area contributed by atoms with E-state index in [2.05, 4.69) is 11.9 Å². The minimum atomic E-state index is 0.449. The third-order valence-corrected chi connectivity index (χ3v) is 2.42. The molecule has 0 aliphatic heterocycles. The van der Waals surface area contributed by atoms with Crippen molar-refractivity contribution in [2.45, 2.75) is 24.9 Å². The molecule has 11 heavy (non-hydrogen) atoms. The van der Waals surface area contributed by atoms with Crippen molar-refractivity contribution in [3.63, 3.8) is 0 Å². The average molecular weight is 158 g/mol. The second kappa shape index (κ2) is 4.04. The highest BCUT2D eigenvalue weighted by molar-refractivity contribution is 4.88. The van der Waals surface area contributed by atoms with Crippen molar-refractivity contribution >= 4 is 0 Å². The Morgan fingerprint density at radius 2 is 2.18 bits per heavy atom. The highest BCUT2D eigenvalue weighted by Crippen LogP contribution is 2.22. The molecule has 0 radical (unpaired) electrons. The fraction of sp³-hybridized carbons (Fsp3) is 1.00. The van der Waals surface area contributed by atoms with Gasteiger partial charge in [0.2, 0.25) is 0 Å². The van der Waals surface area contributed by atoms with Gasteiger partial charge < -0.3 is 15.4 Å². The lowest BCUT2D eigenvalue weighted by atomic mass is 9.86. The van der Waals surface area contributed by atoms with Crippen LogP contribution < -0.4 is 5.73 Å². The Morgan fingerprint density at radius 3 is 2.64 bits per heavy atom. The summed E-state index contributed by atoms with van der Waals surface area (Å²) in [4.78, 5) is 2.33. The summed E-state index contributed by atoms with van der Waals surface area (Å²) in [6.07, 6.45) is 2.31. The van der Waals surface area contributed by atoms with Crippen LogP contribution in [0, 0.1) is 0 Å². The van der Waals surface area contributed by atoms with Crippen molar-refractivity contribution in [3.05, 3.63) is 0 Å². The van der Waals surface area contributed by atoms with Gasteiger partial charge in [-0.1, -0.05) is 0 Å². The number of likely N-dealkylation sites (N-methyl/N-ethyl adjacent to an activating group) is 1. The summed E-state index contributed by atoms with van der Waals surface area (Å²) in [7, 11) is 3.87. The molecule has 1 aliphatic carbocycles. The van der Waals surface area contributed by atoms with Gasteiger partial charge in [-0.25, -0.2) is 0 Å². The van der Waals surface area contributed by atoms with Crippen molar-refractivity contribution in [2.75, 3.05) is 27.3 Å². The van der Waals surface area contributed by atoms with E-state index in [0.717, 1.165) is 26.0 Å². The van der Waals surface area contributed by atoms with E-state index in [1.54, 1.807) is 7.11 Å². The van der Waals surface area contributed by atoms with Crippen LogP contribution in [-0.2, 0) is 4.74 Å². The lowest BCUT2D eigenvalue weighted by Crippen LogP contribution is -2.49. The molecule has 3 nitrogen and oxygen atoms in total. The number of ether oxygens (including phenoxy) is 1. The summed E-state index contributed by atoms with van der Waals surface area (Å²) in [6.45, 7) is 1.84. The Labute approximate surface area is 68.5 Å². The van der Waals surface area contributed by atoms with Crippen molar-refractivity contribution in [1.29, 1.82) is 0 Å². The first-order valence-electron chi connectivity index (χ1n) is 4.18. The summed E-state index contributed by atoms with van der Waals surface area (Å²) in [5, 5.41) is 0. The molecule has 0 heterocycles. The van der Waals surface area contributed by atoms with Gasteiger partial charge in [0.15, 0.2) is 0 Å². The maximum absolute atomic E-state index is 5.68. The largest absolute Gasteiger partial charge is 0.383 e. The molecular formula is C8H18N2O. The van der Waals surface area contributed by atoms with Gasteiger partial charge in [0, 0.05) is 25.7 Å². The fourth-order valence-corrected chi connectivity index (χ4v) is 1.41. The van der Waals surface area contributed by atoms with Gasteiger partial charge in [0.1, 0.15) is 0 Å². The summed E-state index contributed by atoms with van der Waals surface area (Å²) in [6, 6.07) is 1.16. The normalized spacial score (nSPS) is 30.5. The van der Waals surface area contributed by atoms with Gasteiger partial charge in [-0.05, 0) is 19.9 Å². The minimum absolute atomic E-state index is 0.449. The molecule has 1 fully saturated rings. The predicted octanol–water partition coefficient (Wildman–Crippen LogP) is 0.0543. The maximum Gasteiger partial charge on any atom is 0.0589 e. The van der Waals surface area contributed by atoms with Gasteiger partial charge >= 0.3 is 0 Å². The van der Waals surface area contributed by atoms with Crippen LogP contribution in [0.2, 0.25) is 0 Å². The maximum atomic E-state index is 5.68. The molecule has 0 aromatic carbocycles. The molecule has 0 aromatic rings. The zero-order valence-electron chi connectivity index (χ0n) is 7.42. The molecule has 0 amide bonds. The Bertz CT molecular complexity index is 113. The highest BCUT2D eigenvalue weighted by Gasteiger charge is 2.28. The van der Waals surface area contributed by atoms with Crippen LogP contribution in [0.5, 0.6) is 0 Å². The van der Waals surface area contributed by atoms with Gasteiger partial charge in [-0.3, -0.25) is 0 Å². The van der Waals surface area contributed by atoms with Crippen LogP contribution in [0.4, 0.5) is 0 Å². The van der Waals surface area contributed by atoms with Crippen molar-refractivity contribution < 1.29 is 4.74 Å². The van der Waals surface area contributed by atoms with Crippen LogP contribution in [-0.4, -0.2) is 44.3 Å². The molecule has 0 spiro atoms. The second-order valence-corrected chi connectivity index (χ2v) is 3.36. The number of nitrogens with two attached hydrogens (primary N) is 1. The van der Waals surface area contributed by atoms with Crippen LogP contribution >= 0.6 is 0 Å². The number of methoxy groups -OCH3 is 1. The molecule has 2 N–H and O–H groups in total. The van der Waals surface area contributed by atoms with Gasteiger partial charge in [-0.15, -0.1) is 0 Å². The molecule has 3 heteroatoms. The average Bonchev–Trinajstić information content (AvgIpc) is 1.94. The van der Waals surface area contributed by atoms with Crippen LogP contribution in [0.15, 0.2) is 0 Å². The quantitative estimate of drug-likeness (QED) is 0.628. The highest BCUT2D eigenvalue weighted by atomic mass is 16.5. The first-order chi connectivity index (χ1) is 5.24. The Morgan fingerprint density at radius 1 is 1.55 bits per heavy atom. The molecule has 1 saturated carbocycles. The lowest BCUT2D eigenvalue weighted by Gasteiger charge is -2.39. The Hall–Kier alpha value is -0.120.